The molecule has 1 N–H and O–H groups in total. The van der Waals surface area contributed by atoms with Crippen molar-refractivity contribution in [2.45, 2.75) is 96.6 Å². The fourth-order valence-corrected chi connectivity index (χ4v) is 2.89. The molecule has 142 valence electrons. The Hall–Kier alpha value is -0.490. The Balaban J connectivity index is 2.03. The fraction of sp³-hybridized carbons (Fsp3) is 0.947. The summed E-state index contributed by atoms with van der Waals surface area (Å²) in [6.45, 7) is 6.89. The third kappa shape index (κ3) is 9.72. The second-order valence-corrected chi connectivity index (χ2v) is 7.13. The smallest absolute Gasteiger partial charge is 0.166 e. The van der Waals surface area contributed by atoms with Gasteiger partial charge in [-0.2, -0.15) is 0 Å². The van der Waals surface area contributed by atoms with Crippen LogP contribution in [0.2, 0.25) is 0 Å². The summed E-state index contributed by atoms with van der Waals surface area (Å²) in [6.07, 6.45) is 8.66. The molecule has 0 aromatic carbocycles. The lowest BCUT2D eigenvalue weighted by molar-refractivity contribution is -0.167. The minimum Gasteiger partial charge on any atom is -0.391 e. The highest BCUT2D eigenvalue weighted by molar-refractivity contribution is 5.75. The van der Waals surface area contributed by atoms with Crippen molar-refractivity contribution in [1.82, 2.24) is 0 Å². The SMILES string of the molecule is CCCCCCCCC(O)COCC1COC(C)(CCC(C)=O)O1. The van der Waals surface area contributed by atoms with Gasteiger partial charge in [0, 0.05) is 12.8 Å². The number of carbonyl (C=O) groups is 1. The van der Waals surface area contributed by atoms with E-state index in [1.807, 2.05) is 6.92 Å². The van der Waals surface area contributed by atoms with Gasteiger partial charge in [0.2, 0.25) is 0 Å². The van der Waals surface area contributed by atoms with E-state index >= 15 is 0 Å². The Morgan fingerprint density at radius 2 is 2.00 bits per heavy atom. The molecule has 0 amide bonds. The highest BCUT2D eigenvalue weighted by atomic mass is 16.7. The highest BCUT2D eigenvalue weighted by Crippen LogP contribution is 2.28. The molecule has 1 saturated heterocycles. The predicted octanol–water partition coefficient (Wildman–Crippen LogP) is 3.62. The van der Waals surface area contributed by atoms with E-state index in [1.165, 1.54) is 32.1 Å². The summed E-state index contributed by atoms with van der Waals surface area (Å²) in [5.74, 6) is -0.544. The second-order valence-electron chi connectivity index (χ2n) is 7.13. The van der Waals surface area contributed by atoms with Crippen LogP contribution in [0.1, 0.15) is 78.6 Å². The first-order valence-electron chi connectivity index (χ1n) is 9.52. The van der Waals surface area contributed by atoms with Gasteiger partial charge in [0.1, 0.15) is 11.9 Å². The molecule has 0 radical (unpaired) electrons. The molecule has 1 heterocycles. The second kappa shape index (κ2) is 12.0. The van der Waals surface area contributed by atoms with E-state index in [2.05, 4.69) is 6.92 Å². The third-order valence-electron chi connectivity index (χ3n) is 4.43. The minimum absolute atomic E-state index is 0.122. The van der Waals surface area contributed by atoms with Gasteiger partial charge in [-0.25, -0.2) is 0 Å². The van der Waals surface area contributed by atoms with Crippen LogP contribution in [0.3, 0.4) is 0 Å². The van der Waals surface area contributed by atoms with Crippen LogP contribution < -0.4 is 0 Å². The molecular weight excluding hydrogens is 308 g/mol. The summed E-state index contributed by atoms with van der Waals surface area (Å²) in [6, 6.07) is 0. The number of ketones is 1. The molecule has 1 aliphatic rings. The topological polar surface area (TPSA) is 65.0 Å². The highest BCUT2D eigenvalue weighted by Gasteiger charge is 2.37. The molecule has 24 heavy (non-hydrogen) atoms. The molecular formula is C19H36O5. The first-order chi connectivity index (χ1) is 11.4. The molecule has 1 aliphatic heterocycles. The van der Waals surface area contributed by atoms with Crippen LogP contribution in [0.4, 0.5) is 0 Å². The van der Waals surface area contributed by atoms with Crippen LogP contribution in [0, 0.1) is 0 Å². The number of unbranched alkanes of at least 4 members (excludes halogenated alkanes) is 5. The molecule has 0 spiro atoms. The predicted molar refractivity (Wildman–Crippen MR) is 94.0 cm³/mol. The maximum atomic E-state index is 11.1. The van der Waals surface area contributed by atoms with Gasteiger partial charge in [-0.05, 0) is 20.3 Å². The van der Waals surface area contributed by atoms with Crippen molar-refractivity contribution in [1.29, 1.82) is 0 Å². The zero-order valence-electron chi connectivity index (χ0n) is 15.7. The molecule has 3 atom stereocenters. The van der Waals surface area contributed by atoms with Crippen LogP contribution in [0.5, 0.6) is 0 Å². The third-order valence-corrected chi connectivity index (χ3v) is 4.43. The summed E-state index contributed by atoms with van der Waals surface area (Å²) >= 11 is 0. The molecule has 3 unspecified atom stereocenters. The van der Waals surface area contributed by atoms with E-state index in [4.69, 9.17) is 14.2 Å². The van der Waals surface area contributed by atoms with Crippen molar-refractivity contribution in [2.75, 3.05) is 19.8 Å². The van der Waals surface area contributed by atoms with E-state index in [9.17, 15) is 9.90 Å². The quantitative estimate of drug-likeness (QED) is 0.488. The van der Waals surface area contributed by atoms with Gasteiger partial charge in [0.15, 0.2) is 5.79 Å². The number of ether oxygens (including phenoxy) is 3. The van der Waals surface area contributed by atoms with Gasteiger partial charge >= 0.3 is 0 Å². The number of rotatable bonds is 14. The van der Waals surface area contributed by atoms with Crippen molar-refractivity contribution in [2.24, 2.45) is 0 Å². The maximum Gasteiger partial charge on any atom is 0.166 e. The van der Waals surface area contributed by atoms with Crippen LogP contribution in [0.25, 0.3) is 0 Å². The van der Waals surface area contributed by atoms with E-state index in [1.54, 1.807) is 6.92 Å². The minimum atomic E-state index is -0.684. The monoisotopic (exact) mass is 344 g/mol. The average Bonchev–Trinajstić information content (AvgIpc) is 2.91. The lowest BCUT2D eigenvalue weighted by Gasteiger charge is -2.22. The van der Waals surface area contributed by atoms with Crippen LogP contribution in [-0.2, 0) is 19.0 Å². The molecule has 0 aromatic rings. The fourth-order valence-electron chi connectivity index (χ4n) is 2.89. The van der Waals surface area contributed by atoms with Crippen LogP contribution >= 0.6 is 0 Å². The lowest BCUT2D eigenvalue weighted by atomic mass is 10.1. The average molecular weight is 344 g/mol. The molecule has 1 fully saturated rings. The normalized spacial score (nSPS) is 25.1. The number of hydrogen-bond donors (Lipinski definition) is 1. The van der Waals surface area contributed by atoms with E-state index in [-0.39, 0.29) is 11.9 Å². The van der Waals surface area contributed by atoms with Crippen molar-refractivity contribution in [3.63, 3.8) is 0 Å². The van der Waals surface area contributed by atoms with Gasteiger partial charge in [-0.1, -0.05) is 45.4 Å². The van der Waals surface area contributed by atoms with Crippen molar-refractivity contribution >= 4 is 5.78 Å². The summed E-state index contributed by atoms with van der Waals surface area (Å²) in [7, 11) is 0. The zero-order valence-corrected chi connectivity index (χ0v) is 15.7. The summed E-state index contributed by atoms with van der Waals surface area (Å²) < 4.78 is 17.1. The first kappa shape index (κ1) is 21.6. The molecule has 0 saturated carbocycles. The van der Waals surface area contributed by atoms with E-state index in [0.717, 1.165) is 12.8 Å². The van der Waals surface area contributed by atoms with E-state index < -0.39 is 11.9 Å². The van der Waals surface area contributed by atoms with Gasteiger partial charge in [-0.15, -0.1) is 0 Å². The Morgan fingerprint density at radius 1 is 1.29 bits per heavy atom. The number of hydrogen-bond acceptors (Lipinski definition) is 5. The number of aliphatic hydroxyl groups excluding tert-OH is 1. The van der Waals surface area contributed by atoms with Crippen molar-refractivity contribution in [3.8, 4) is 0 Å². The van der Waals surface area contributed by atoms with Gasteiger partial charge in [0.05, 0.1) is 25.9 Å². The Kier molecular flexibility index (Phi) is 10.7. The molecule has 5 heteroatoms. The summed E-state index contributed by atoms with van der Waals surface area (Å²) in [5.41, 5.74) is 0. The van der Waals surface area contributed by atoms with E-state index in [0.29, 0.717) is 32.7 Å². The maximum absolute atomic E-state index is 11.1. The Labute approximate surface area is 147 Å². The van der Waals surface area contributed by atoms with Gasteiger partial charge in [0.25, 0.3) is 0 Å². The van der Waals surface area contributed by atoms with Crippen LogP contribution in [-0.4, -0.2) is 48.7 Å². The van der Waals surface area contributed by atoms with Crippen molar-refractivity contribution < 1.29 is 24.1 Å². The van der Waals surface area contributed by atoms with Gasteiger partial charge in [-0.3, -0.25) is 0 Å². The molecule has 5 nitrogen and oxygen atoms in total. The van der Waals surface area contributed by atoms with Gasteiger partial charge < -0.3 is 24.1 Å². The molecule has 0 bridgehead atoms. The lowest BCUT2D eigenvalue weighted by Crippen LogP contribution is -2.29. The molecule has 0 aliphatic carbocycles. The van der Waals surface area contributed by atoms with Crippen molar-refractivity contribution in [3.05, 3.63) is 0 Å². The zero-order chi connectivity index (χ0) is 17.8. The molecule has 1 rings (SSSR count). The standard InChI is InChI=1S/C19H36O5/c1-4-5-6-7-8-9-10-17(21)13-22-14-18-15-23-19(3,24-18)12-11-16(2)20/h17-18,21H,4-15H2,1-3H3. The first-order valence-corrected chi connectivity index (χ1v) is 9.52. The summed E-state index contributed by atoms with van der Waals surface area (Å²) in [5, 5.41) is 9.94. The summed E-state index contributed by atoms with van der Waals surface area (Å²) in [4.78, 5) is 11.1. The van der Waals surface area contributed by atoms with Crippen LogP contribution in [0.15, 0.2) is 0 Å². The molecule has 0 aromatic heterocycles. The Morgan fingerprint density at radius 3 is 2.71 bits per heavy atom. The number of Topliss-reactive ketones (excluding diaryl/α,β-unsaturated/α-hetero) is 1. The number of aliphatic hydroxyl groups is 1. The largest absolute Gasteiger partial charge is 0.391 e. The Bertz CT molecular complexity index is 347. The number of carbonyl (C=O) groups excluding carboxylic acids is 1.